The van der Waals surface area contributed by atoms with Gasteiger partial charge in [-0.25, -0.2) is 9.89 Å². The number of hydrogen-bond acceptors (Lipinski definition) is 5. The van der Waals surface area contributed by atoms with Crippen molar-refractivity contribution in [3.63, 3.8) is 0 Å². The van der Waals surface area contributed by atoms with E-state index in [4.69, 9.17) is 4.74 Å². The molecule has 90 valence electrons. The maximum Gasteiger partial charge on any atom is 0.343 e. The monoisotopic (exact) mass is 245 g/mol. The van der Waals surface area contributed by atoms with Gasteiger partial charge in [0.05, 0.1) is 12.5 Å². The Morgan fingerprint density at radius 2 is 2.38 bits per heavy atom. The highest BCUT2D eigenvalue weighted by atomic mass is 32.2. The molecule has 7 heteroatoms. The fourth-order valence-electron chi connectivity index (χ4n) is 1.01. The topological polar surface area (TPSA) is 77.0 Å². The predicted octanol–water partition coefficient (Wildman–Crippen LogP) is 0.400. The van der Waals surface area contributed by atoms with Crippen molar-refractivity contribution in [2.75, 3.05) is 12.4 Å². The lowest BCUT2D eigenvalue weighted by atomic mass is 10.2. The number of thioether (sulfide) groups is 1. The molecule has 0 fully saturated rings. The van der Waals surface area contributed by atoms with Crippen LogP contribution in [0, 0.1) is 5.92 Å². The molecule has 0 saturated heterocycles. The molecule has 0 radical (unpaired) electrons. The molecule has 1 rings (SSSR count). The average Bonchev–Trinajstić information content (AvgIpc) is 2.57. The Morgan fingerprint density at radius 3 is 2.88 bits per heavy atom. The van der Waals surface area contributed by atoms with E-state index < -0.39 is 0 Å². The Morgan fingerprint density at radius 1 is 1.69 bits per heavy atom. The molecule has 16 heavy (non-hydrogen) atoms. The summed E-state index contributed by atoms with van der Waals surface area (Å²) in [4.78, 5) is 22.4. The number of rotatable bonds is 5. The van der Waals surface area contributed by atoms with E-state index in [1.54, 1.807) is 20.9 Å². The van der Waals surface area contributed by atoms with Gasteiger partial charge in [-0.15, -0.1) is 5.10 Å². The Labute approximate surface area is 97.4 Å². The fraction of sp³-hybridized carbons (Fsp3) is 0.667. The summed E-state index contributed by atoms with van der Waals surface area (Å²) in [5, 5.41) is 6.73. The molecule has 0 spiro atoms. The first-order valence-electron chi connectivity index (χ1n) is 4.97. The van der Waals surface area contributed by atoms with Crippen LogP contribution in [0.2, 0.25) is 0 Å². The minimum absolute atomic E-state index is 0.211. The van der Waals surface area contributed by atoms with Crippen LogP contribution in [0.5, 0.6) is 0 Å². The zero-order chi connectivity index (χ0) is 12.1. The lowest BCUT2D eigenvalue weighted by Gasteiger charge is -2.08. The second-order valence-electron chi connectivity index (χ2n) is 3.33. The average molecular weight is 245 g/mol. The SMILES string of the molecule is CCOC(=O)C(C)CSc1n[nH]c(=O)n1C. The molecule has 0 saturated carbocycles. The second-order valence-corrected chi connectivity index (χ2v) is 4.32. The molecule has 1 heterocycles. The van der Waals surface area contributed by atoms with Crippen molar-refractivity contribution < 1.29 is 9.53 Å². The van der Waals surface area contributed by atoms with Crippen molar-refractivity contribution in [3.05, 3.63) is 10.5 Å². The molecule has 6 nitrogen and oxygen atoms in total. The van der Waals surface area contributed by atoms with Crippen LogP contribution in [0.3, 0.4) is 0 Å². The van der Waals surface area contributed by atoms with Gasteiger partial charge < -0.3 is 4.74 Å². The zero-order valence-corrected chi connectivity index (χ0v) is 10.3. The van der Waals surface area contributed by atoms with Crippen molar-refractivity contribution in [2.24, 2.45) is 13.0 Å². The van der Waals surface area contributed by atoms with E-state index in [0.717, 1.165) is 0 Å². The third-order valence-electron chi connectivity index (χ3n) is 1.99. The molecule has 1 aromatic rings. The van der Waals surface area contributed by atoms with Gasteiger partial charge in [-0.05, 0) is 6.92 Å². The third kappa shape index (κ3) is 3.13. The summed E-state index contributed by atoms with van der Waals surface area (Å²) < 4.78 is 6.28. The van der Waals surface area contributed by atoms with Crippen LogP contribution >= 0.6 is 11.8 Å². The van der Waals surface area contributed by atoms with E-state index in [1.165, 1.54) is 16.3 Å². The van der Waals surface area contributed by atoms with E-state index >= 15 is 0 Å². The standard InChI is InChI=1S/C9H15N3O3S/c1-4-15-7(13)6(2)5-16-9-11-10-8(14)12(9)3/h6H,4-5H2,1-3H3,(H,10,14). The van der Waals surface area contributed by atoms with E-state index in [-0.39, 0.29) is 17.6 Å². The lowest BCUT2D eigenvalue weighted by molar-refractivity contribution is -0.146. The van der Waals surface area contributed by atoms with Crippen LogP contribution in [0.25, 0.3) is 0 Å². The van der Waals surface area contributed by atoms with Gasteiger partial charge in [0.25, 0.3) is 0 Å². The van der Waals surface area contributed by atoms with Gasteiger partial charge in [0.1, 0.15) is 0 Å². The van der Waals surface area contributed by atoms with Crippen molar-refractivity contribution >= 4 is 17.7 Å². The van der Waals surface area contributed by atoms with Gasteiger partial charge in [0, 0.05) is 12.8 Å². The Kier molecular flexibility index (Phi) is 4.60. The first-order chi connectivity index (χ1) is 7.56. The molecule has 0 aliphatic heterocycles. The van der Waals surface area contributed by atoms with Gasteiger partial charge in [-0.2, -0.15) is 0 Å². The number of nitrogens with one attached hydrogen (secondary N) is 1. The second kappa shape index (κ2) is 5.74. The summed E-state index contributed by atoms with van der Waals surface area (Å²) >= 11 is 1.35. The number of esters is 1. The predicted molar refractivity (Wildman–Crippen MR) is 60.3 cm³/mol. The van der Waals surface area contributed by atoms with E-state index in [9.17, 15) is 9.59 Å². The summed E-state index contributed by atoms with van der Waals surface area (Å²) in [7, 11) is 1.63. The molecule has 0 amide bonds. The van der Waals surface area contributed by atoms with Crippen molar-refractivity contribution in [2.45, 2.75) is 19.0 Å². The van der Waals surface area contributed by atoms with Crippen molar-refractivity contribution in [3.8, 4) is 0 Å². The Bertz CT molecular complexity index is 412. The quantitative estimate of drug-likeness (QED) is 0.600. The largest absolute Gasteiger partial charge is 0.466 e. The molecule has 0 aromatic carbocycles. The van der Waals surface area contributed by atoms with Gasteiger partial charge >= 0.3 is 11.7 Å². The number of ether oxygens (including phenoxy) is 1. The number of carbonyl (C=O) groups excluding carboxylic acids is 1. The van der Waals surface area contributed by atoms with E-state index in [1.807, 2.05) is 0 Å². The van der Waals surface area contributed by atoms with Crippen LogP contribution in [-0.2, 0) is 16.6 Å². The highest BCUT2D eigenvalue weighted by Crippen LogP contribution is 2.16. The minimum Gasteiger partial charge on any atom is -0.466 e. The number of aromatic nitrogens is 3. The number of H-pyrrole nitrogens is 1. The van der Waals surface area contributed by atoms with Gasteiger partial charge in [0.2, 0.25) is 0 Å². The summed E-state index contributed by atoms with van der Waals surface area (Å²) in [5.41, 5.74) is -0.258. The summed E-state index contributed by atoms with van der Waals surface area (Å²) in [5.74, 6) is 0.101. The minimum atomic E-state index is -0.258. The summed E-state index contributed by atoms with van der Waals surface area (Å²) in [6.45, 7) is 3.94. The maximum absolute atomic E-state index is 11.3. The highest BCUT2D eigenvalue weighted by molar-refractivity contribution is 7.99. The molecule has 0 aliphatic rings. The van der Waals surface area contributed by atoms with Crippen LogP contribution < -0.4 is 5.69 Å². The maximum atomic E-state index is 11.3. The summed E-state index contributed by atoms with van der Waals surface area (Å²) in [6, 6.07) is 0. The first-order valence-corrected chi connectivity index (χ1v) is 5.95. The smallest absolute Gasteiger partial charge is 0.343 e. The van der Waals surface area contributed by atoms with Gasteiger partial charge in [-0.3, -0.25) is 9.36 Å². The third-order valence-corrected chi connectivity index (χ3v) is 3.28. The fourth-order valence-corrected chi connectivity index (χ4v) is 1.94. The summed E-state index contributed by atoms with van der Waals surface area (Å²) in [6.07, 6.45) is 0. The van der Waals surface area contributed by atoms with Crippen molar-refractivity contribution in [1.82, 2.24) is 14.8 Å². The van der Waals surface area contributed by atoms with Gasteiger partial charge in [-0.1, -0.05) is 18.7 Å². The molecular formula is C9H15N3O3S. The van der Waals surface area contributed by atoms with E-state index in [2.05, 4.69) is 10.2 Å². The number of carbonyl (C=O) groups is 1. The first kappa shape index (κ1) is 12.8. The van der Waals surface area contributed by atoms with E-state index in [0.29, 0.717) is 17.5 Å². The Balaban J connectivity index is 2.49. The Hall–Kier alpha value is -1.24. The molecule has 1 N–H and O–H groups in total. The zero-order valence-electron chi connectivity index (χ0n) is 9.52. The molecule has 1 aromatic heterocycles. The van der Waals surface area contributed by atoms with Crippen LogP contribution in [-0.4, -0.2) is 33.1 Å². The molecular weight excluding hydrogens is 230 g/mol. The molecule has 0 bridgehead atoms. The number of aromatic amines is 1. The normalized spacial score (nSPS) is 12.4. The van der Waals surface area contributed by atoms with Crippen LogP contribution in [0.15, 0.2) is 9.95 Å². The van der Waals surface area contributed by atoms with Crippen LogP contribution in [0.1, 0.15) is 13.8 Å². The lowest BCUT2D eigenvalue weighted by Crippen LogP contribution is -2.17. The van der Waals surface area contributed by atoms with Crippen molar-refractivity contribution in [1.29, 1.82) is 0 Å². The molecule has 1 unspecified atom stereocenters. The van der Waals surface area contributed by atoms with Gasteiger partial charge in [0.15, 0.2) is 5.16 Å². The highest BCUT2D eigenvalue weighted by Gasteiger charge is 2.15. The molecule has 0 aliphatic carbocycles. The van der Waals surface area contributed by atoms with Crippen LogP contribution in [0.4, 0.5) is 0 Å². The molecule has 1 atom stereocenters. The number of nitrogens with zero attached hydrogens (tertiary/aromatic N) is 2. The number of hydrogen-bond donors (Lipinski definition) is 1.